The predicted molar refractivity (Wildman–Crippen MR) is 111 cm³/mol. The van der Waals surface area contributed by atoms with Gasteiger partial charge in [0, 0.05) is 0 Å². The highest BCUT2D eigenvalue weighted by molar-refractivity contribution is 5.49. The molecule has 0 atom stereocenters. The summed E-state index contributed by atoms with van der Waals surface area (Å²) >= 11 is 0. The van der Waals surface area contributed by atoms with Gasteiger partial charge in [-0.1, -0.05) is 63.3 Å². The van der Waals surface area contributed by atoms with Crippen LogP contribution in [0.1, 0.15) is 88.7 Å². The number of hydrogen-bond donors (Lipinski definition) is 0. The molecule has 2 aliphatic rings. The number of allylic oxidation sites excluding steroid dienone is 1. The molecule has 0 nitrogen and oxygen atoms in total. The van der Waals surface area contributed by atoms with Gasteiger partial charge in [-0.15, -0.1) is 0 Å². The third-order valence-electron chi connectivity index (χ3n) is 7.32. The second-order valence-electron chi connectivity index (χ2n) is 9.07. The van der Waals surface area contributed by atoms with Crippen LogP contribution in [0.5, 0.6) is 0 Å². The summed E-state index contributed by atoms with van der Waals surface area (Å²) in [5.74, 6) is 3.78. The van der Waals surface area contributed by atoms with E-state index in [0.29, 0.717) is 0 Å². The maximum absolute atomic E-state index is 12.6. The molecule has 0 aliphatic heterocycles. The van der Waals surface area contributed by atoms with Crippen molar-refractivity contribution in [2.75, 3.05) is 0 Å². The van der Waals surface area contributed by atoms with E-state index in [9.17, 15) is 13.2 Å². The highest BCUT2D eigenvalue weighted by Crippen LogP contribution is 2.42. The Hall–Kier alpha value is -1.25. The molecule has 0 heterocycles. The molecule has 0 bridgehead atoms. The van der Waals surface area contributed by atoms with Gasteiger partial charge < -0.3 is 0 Å². The summed E-state index contributed by atoms with van der Waals surface area (Å²) < 4.78 is 37.8. The normalized spacial score (nSPS) is 29.3. The fraction of sp³-hybridized carbons (Fsp3) is 0.680. The van der Waals surface area contributed by atoms with Crippen LogP contribution in [0.15, 0.2) is 30.3 Å². The third kappa shape index (κ3) is 6.12. The van der Waals surface area contributed by atoms with Crippen molar-refractivity contribution in [2.24, 2.45) is 23.7 Å². The molecule has 0 saturated heterocycles. The molecule has 3 heteroatoms. The quantitative estimate of drug-likeness (QED) is 0.455. The monoisotopic (exact) mass is 392 g/mol. The van der Waals surface area contributed by atoms with Crippen LogP contribution in [0.3, 0.4) is 0 Å². The lowest BCUT2D eigenvalue weighted by molar-refractivity contribution is -0.137. The zero-order valence-corrected chi connectivity index (χ0v) is 17.2. The van der Waals surface area contributed by atoms with Crippen molar-refractivity contribution in [1.82, 2.24) is 0 Å². The van der Waals surface area contributed by atoms with Gasteiger partial charge in [-0.3, -0.25) is 0 Å². The summed E-state index contributed by atoms with van der Waals surface area (Å²) in [5.41, 5.74) is 0.268. The van der Waals surface area contributed by atoms with Crippen molar-refractivity contribution in [3.05, 3.63) is 41.5 Å². The highest BCUT2D eigenvalue weighted by atomic mass is 19.4. The van der Waals surface area contributed by atoms with Gasteiger partial charge in [0.25, 0.3) is 0 Å². The van der Waals surface area contributed by atoms with Gasteiger partial charge in [0.15, 0.2) is 0 Å². The minimum atomic E-state index is -4.25. The molecule has 0 aromatic heterocycles. The zero-order chi connectivity index (χ0) is 20.0. The minimum absolute atomic E-state index is 0.579. The average molecular weight is 393 g/mol. The number of halogens is 3. The van der Waals surface area contributed by atoms with Crippen molar-refractivity contribution in [2.45, 2.75) is 83.7 Å². The van der Waals surface area contributed by atoms with Crippen LogP contribution >= 0.6 is 0 Å². The lowest BCUT2D eigenvalue weighted by Crippen LogP contribution is -2.25. The Bertz CT molecular complexity index is 598. The number of rotatable bonds is 6. The number of alkyl halides is 3. The Balaban J connectivity index is 1.35. The van der Waals surface area contributed by atoms with Crippen molar-refractivity contribution in [3.8, 4) is 0 Å². The van der Waals surface area contributed by atoms with E-state index in [1.165, 1.54) is 64.2 Å². The van der Waals surface area contributed by atoms with Crippen molar-refractivity contribution >= 4 is 6.08 Å². The van der Waals surface area contributed by atoms with Gasteiger partial charge in [0.2, 0.25) is 0 Å². The molecule has 1 aromatic carbocycles. The molecule has 2 fully saturated rings. The van der Waals surface area contributed by atoms with Gasteiger partial charge >= 0.3 is 6.18 Å². The van der Waals surface area contributed by atoms with E-state index in [1.807, 2.05) is 6.08 Å². The maximum atomic E-state index is 12.6. The Morgan fingerprint density at radius 2 is 1.36 bits per heavy atom. The first-order chi connectivity index (χ1) is 13.5. The van der Waals surface area contributed by atoms with Crippen molar-refractivity contribution in [3.63, 3.8) is 0 Å². The Labute approximate surface area is 168 Å². The second kappa shape index (κ2) is 9.98. The summed E-state index contributed by atoms with van der Waals surface area (Å²) in [5, 5.41) is 0. The molecule has 2 aliphatic carbocycles. The van der Waals surface area contributed by atoms with E-state index in [2.05, 4.69) is 13.0 Å². The fourth-order valence-corrected chi connectivity index (χ4v) is 5.35. The van der Waals surface area contributed by atoms with Crippen molar-refractivity contribution in [1.29, 1.82) is 0 Å². The second-order valence-corrected chi connectivity index (χ2v) is 9.07. The highest BCUT2D eigenvalue weighted by Gasteiger charge is 2.31. The molecular weight excluding hydrogens is 357 g/mol. The smallest absolute Gasteiger partial charge is 0.166 e. The molecule has 0 spiro atoms. The molecule has 2 saturated carbocycles. The Morgan fingerprint density at radius 3 is 1.86 bits per heavy atom. The summed E-state index contributed by atoms with van der Waals surface area (Å²) in [6.45, 7) is 2.34. The first-order valence-corrected chi connectivity index (χ1v) is 11.3. The molecule has 28 heavy (non-hydrogen) atoms. The molecule has 0 amide bonds. The molecule has 0 N–H and O–H groups in total. The average Bonchev–Trinajstić information content (AvgIpc) is 2.71. The van der Waals surface area contributed by atoms with Crippen LogP contribution in [-0.2, 0) is 6.18 Å². The predicted octanol–water partition coefficient (Wildman–Crippen LogP) is 8.52. The Morgan fingerprint density at radius 1 is 0.821 bits per heavy atom. The van der Waals surface area contributed by atoms with Gasteiger partial charge in [-0.05, 0) is 79.9 Å². The molecule has 0 unspecified atom stereocenters. The number of hydrogen-bond acceptors (Lipinski definition) is 0. The molecule has 156 valence electrons. The van der Waals surface area contributed by atoms with Crippen LogP contribution in [0.25, 0.3) is 6.08 Å². The first-order valence-electron chi connectivity index (χ1n) is 11.3. The van der Waals surface area contributed by atoms with E-state index in [0.717, 1.165) is 47.8 Å². The van der Waals surface area contributed by atoms with E-state index in [-0.39, 0.29) is 0 Å². The Kier molecular flexibility index (Phi) is 7.65. The fourth-order valence-electron chi connectivity index (χ4n) is 5.35. The topological polar surface area (TPSA) is 0 Å². The van der Waals surface area contributed by atoms with Crippen LogP contribution in [0.4, 0.5) is 13.2 Å². The third-order valence-corrected chi connectivity index (χ3v) is 7.32. The summed E-state index contributed by atoms with van der Waals surface area (Å²) in [6, 6.07) is 5.43. The van der Waals surface area contributed by atoms with Crippen LogP contribution in [0, 0.1) is 23.7 Å². The molecular formula is C25H35F3. The van der Waals surface area contributed by atoms with Crippen LogP contribution in [-0.4, -0.2) is 0 Å². The largest absolute Gasteiger partial charge is 0.416 e. The zero-order valence-electron chi connectivity index (χ0n) is 17.2. The number of benzene rings is 1. The molecule has 0 radical (unpaired) electrons. The lowest BCUT2D eigenvalue weighted by atomic mass is 9.68. The first kappa shape index (κ1) is 21.5. The summed E-state index contributed by atoms with van der Waals surface area (Å²) in [6.07, 6.45) is 14.8. The van der Waals surface area contributed by atoms with Gasteiger partial charge in [0.1, 0.15) is 0 Å². The van der Waals surface area contributed by atoms with E-state index in [1.54, 1.807) is 12.1 Å². The lowest BCUT2D eigenvalue weighted by Gasteiger charge is -2.37. The SMILES string of the molecule is CCC1CCC(C2CCC(CCC=Cc3ccc(C(F)(F)F)cc3)CC2)CC1. The maximum Gasteiger partial charge on any atom is 0.416 e. The molecule has 1 aromatic rings. The van der Waals surface area contributed by atoms with E-state index in [4.69, 9.17) is 0 Å². The van der Waals surface area contributed by atoms with E-state index < -0.39 is 11.7 Å². The van der Waals surface area contributed by atoms with Gasteiger partial charge in [-0.2, -0.15) is 13.2 Å². The molecule has 3 rings (SSSR count). The van der Waals surface area contributed by atoms with E-state index >= 15 is 0 Å². The summed E-state index contributed by atoms with van der Waals surface area (Å²) in [7, 11) is 0. The summed E-state index contributed by atoms with van der Waals surface area (Å²) in [4.78, 5) is 0. The van der Waals surface area contributed by atoms with Crippen molar-refractivity contribution < 1.29 is 13.2 Å². The van der Waals surface area contributed by atoms with Gasteiger partial charge in [0.05, 0.1) is 5.56 Å². The van der Waals surface area contributed by atoms with Crippen LogP contribution in [0.2, 0.25) is 0 Å². The minimum Gasteiger partial charge on any atom is -0.166 e. The van der Waals surface area contributed by atoms with Gasteiger partial charge in [-0.25, -0.2) is 0 Å². The standard InChI is InChI=1S/C25H35F3/c1-2-19-7-13-22(14-8-19)23-15-9-20(10-16-23)5-3-4-6-21-11-17-24(18-12-21)25(26,27)28/h4,6,11-12,17-20,22-23H,2-3,5,7-10,13-16H2,1H3. The van der Waals surface area contributed by atoms with Crippen LogP contribution < -0.4 is 0 Å².